The molecule has 3 unspecified atom stereocenters. The molecule has 100 valence electrons. The number of nitrogens with zero attached hydrogens (tertiary/aromatic N) is 1. The second-order valence-electron chi connectivity index (χ2n) is 5.80. The van der Waals surface area contributed by atoms with E-state index in [0.29, 0.717) is 6.04 Å². The van der Waals surface area contributed by atoms with E-state index in [1.165, 1.54) is 31.2 Å². The Hall–Kier alpha value is -0.890. The van der Waals surface area contributed by atoms with Crippen LogP contribution in [0.1, 0.15) is 45.1 Å². The lowest BCUT2D eigenvalue weighted by Crippen LogP contribution is -2.37. The lowest BCUT2D eigenvalue weighted by atomic mass is 9.92. The van der Waals surface area contributed by atoms with Crippen molar-refractivity contribution < 1.29 is 0 Å². The second-order valence-corrected chi connectivity index (χ2v) is 5.80. The second kappa shape index (κ2) is 6.89. The van der Waals surface area contributed by atoms with Crippen molar-refractivity contribution in [2.24, 2.45) is 11.8 Å². The maximum Gasteiger partial charge on any atom is 0.0300 e. The summed E-state index contributed by atoms with van der Waals surface area (Å²) in [5, 5.41) is 3.75. The van der Waals surface area contributed by atoms with Gasteiger partial charge in [0.25, 0.3) is 0 Å². The van der Waals surface area contributed by atoms with E-state index in [0.717, 1.165) is 24.8 Å². The maximum absolute atomic E-state index is 4.23. The molecule has 1 heterocycles. The van der Waals surface area contributed by atoms with Gasteiger partial charge in [0, 0.05) is 18.4 Å². The average Bonchev–Trinajstić information content (AvgIpc) is 2.82. The first-order chi connectivity index (χ1) is 8.79. The van der Waals surface area contributed by atoms with E-state index < -0.39 is 0 Å². The molecule has 18 heavy (non-hydrogen) atoms. The first-order valence-electron chi connectivity index (χ1n) is 7.42. The van der Waals surface area contributed by atoms with E-state index >= 15 is 0 Å². The van der Waals surface area contributed by atoms with E-state index in [4.69, 9.17) is 0 Å². The third-order valence-electron chi connectivity index (χ3n) is 4.14. The Morgan fingerprint density at radius 3 is 2.94 bits per heavy atom. The highest BCUT2D eigenvalue weighted by Crippen LogP contribution is 2.33. The molecule has 0 spiro atoms. The molecule has 0 bridgehead atoms. The molecule has 1 aliphatic rings. The van der Waals surface area contributed by atoms with Gasteiger partial charge in [0.15, 0.2) is 0 Å². The minimum Gasteiger partial charge on any atom is -0.313 e. The summed E-state index contributed by atoms with van der Waals surface area (Å²) in [6, 6.07) is 4.88. The summed E-state index contributed by atoms with van der Waals surface area (Å²) in [6.45, 7) is 5.77. The van der Waals surface area contributed by atoms with E-state index in [1.807, 2.05) is 18.5 Å². The van der Waals surface area contributed by atoms with Crippen molar-refractivity contribution in [3.63, 3.8) is 0 Å². The molecule has 0 radical (unpaired) electrons. The lowest BCUT2D eigenvalue weighted by molar-refractivity contribution is 0.348. The summed E-state index contributed by atoms with van der Waals surface area (Å²) >= 11 is 0. The van der Waals surface area contributed by atoms with Crippen LogP contribution in [0.4, 0.5) is 0 Å². The molecule has 1 fully saturated rings. The zero-order valence-corrected chi connectivity index (χ0v) is 11.7. The van der Waals surface area contributed by atoms with Crippen LogP contribution in [-0.2, 0) is 6.42 Å². The summed E-state index contributed by atoms with van der Waals surface area (Å²) in [7, 11) is 0. The van der Waals surface area contributed by atoms with Crippen LogP contribution in [0, 0.1) is 11.8 Å². The number of hydrogen-bond donors (Lipinski definition) is 1. The van der Waals surface area contributed by atoms with Gasteiger partial charge in [-0.3, -0.25) is 4.98 Å². The van der Waals surface area contributed by atoms with Gasteiger partial charge in [0.2, 0.25) is 0 Å². The molecule has 0 saturated heterocycles. The molecule has 2 rings (SSSR count). The molecule has 2 nitrogen and oxygen atoms in total. The van der Waals surface area contributed by atoms with E-state index in [9.17, 15) is 0 Å². The zero-order chi connectivity index (χ0) is 12.8. The first kappa shape index (κ1) is 13.5. The number of hydrogen-bond acceptors (Lipinski definition) is 2. The van der Waals surface area contributed by atoms with Crippen LogP contribution in [0.3, 0.4) is 0 Å². The predicted octanol–water partition coefficient (Wildman–Crippen LogP) is 3.43. The zero-order valence-electron chi connectivity index (χ0n) is 11.7. The van der Waals surface area contributed by atoms with Crippen LogP contribution >= 0.6 is 0 Å². The Kier molecular flexibility index (Phi) is 5.18. The summed E-state index contributed by atoms with van der Waals surface area (Å²) < 4.78 is 0. The standard InChI is InChI=1S/C16H26N2/c1-3-8-18-16(15-7-6-13(2)10-15)11-14-5-4-9-17-12-14/h4-5,9,12-13,15-16,18H,3,6-8,10-11H2,1-2H3. The summed E-state index contributed by atoms with van der Waals surface area (Å²) in [5.74, 6) is 1.77. The predicted molar refractivity (Wildman–Crippen MR) is 76.5 cm³/mol. The Balaban J connectivity index is 1.96. The quantitative estimate of drug-likeness (QED) is 0.832. The van der Waals surface area contributed by atoms with Crippen LogP contribution in [0.25, 0.3) is 0 Å². The highest BCUT2D eigenvalue weighted by molar-refractivity contribution is 5.11. The van der Waals surface area contributed by atoms with Crippen molar-refractivity contribution >= 4 is 0 Å². The summed E-state index contributed by atoms with van der Waals surface area (Å²) in [6.07, 6.45) is 10.4. The van der Waals surface area contributed by atoms with Gasteiger partial charge in [0.1, 0.15) is 0 Å². The van der Waals surface area contributed by atoms with Gasteiger partial charge in [-0.2, -0.15) is 0 Å². The van der Waals surface area contributed by atoms with Crippen molar-refractivity contribution in [2.45, 2.75) is 52.0 Å². The normalized spacial score (nSPS) is 25.2. The largest absolute Gasteiger partial charge is 0.313 e. The molecule has 1 saturated carbocycles. The van der Waals surface area contributed by atoms with E-state index in [2.05, 4.69) is 30.2 Å². The van der Waals surface area contributed by atoms with Gasteiger partial charge in [-0.25, -0.2) is 0 Å². The molecule has 0 aliphatic heterocycles. The molecule has 3 atom stereocenters. The van der Waals surface area contributed by atoms with E-state index in [-0.39, 0.29) is 0 Å². The number of nitrogens with one attached hydrogen (secondary N) is 1. The van der Waals surface area contributed by atoms with Crippen molar-refractivity contribution in [2.75, 3.05) is 6.54 Å². The monoisotopic (exact) mass is 246 g/mol. The van der Waals surface area contributed by atoms with Gasteiger partial charge in [-0.1, -0.05) is 26.3 Å². The Labute approximate surface area is 111 Å². The Bertz CT molecular complexity index is 336. The van der Waals surface area contributed by atoms with Crippen molar-refractivity contribution in [3.8, 4) is 0 Å². The fourth-order valence-electron chi connectivity index (χ4n) is 3.12. The third-order valence-corrected chi connectivity index (χ3v) is 4.14. The SMILES string of the molecule is CCCNC(Cc1cccnc1)C1CCC(C)C1. The van der Waals surface area contributed by atoms with Gasteiger partial charge >= 0.3 is 0 Å². The smallest absolute Gasteiger partial charge is 0.0300 e. The van der Waals surface area contributed by atoms with Gasteiger partial charge in [0.05, 0.1) is 0 Å². The molecule has 1 aromatic rings. The van der Waals surface area contributed by atoms with Gasteiger partial charge in [-0.05, 0) is 55.7 Å². The third kappa shape index (κ3) is 3.81. The molecular formula is C16H26N2. The maximum atomic E-state index is 4.23. The topological polar surface area (TPSA) is 24.9 Å². The van der Waals surface area contributed by atoms with Crippen LogP contribution in [0.2, 0.25) is 0 Å². The van der Waals surface area contributed by atoms with Crippen LogP contribution in [-0.4, -0.2) is 17.6 Å². The molecule has 1 aromatic heterocycles. The number of rotatable bonds is 6. The van der Waals surface area contributed by atoms with Crippen molar-refractivity contribution in [1.82, 2.24) is 10.3 Å². The first-order valence-corrected chi connectivity index (χ1v) is 7.42. The van der Waals surface area contributed by atoms with Crippen LogP contribution in [0.15, 0.2) is 24.5 Å². The molecule has 2 heteroatoms. The molecule has 1 N–H and O–H groups in total. The molecule has 0 aromatic carbocycles. The average molecular weight is 246 g/mol. The number of pyridine rings is 1. The Morgan fingerprint density at radius 1 is 1.44 bits per heavy atom. The number of aromatic nitrogens is 1. The van der Waals surface area contributed by atoms with Gasteiger partial charge in [-0.15, -0.1) is 0 Å². The minimum absolute atomic E-state index is 0.638. The van der Waals surface area contributed by atoms with Crippen molar-refractivity contribution in [1.29, 1.82) is 0 Å². The lowest BCUT2D eigenvalue weighted by Gasteiger charge is -2.25. The molecule has 0 amide bonds. The highest BCUT2D eigenvalue weighted by atomic mass is 14.9. The van der Waals surface area contributed by atoms with Gasteiger partial charge < -0.3 is 5.32 Å². The van der Waals surface area contributed by atoms with E-state index in [1.54, 1.807) is 0 Å². The molecule has 1 aliphatic carbocycles. The minimum atomic E-state index is 0.638. The fourth-order valence-corrected chi connectivity index (χ4v) is 3.12. The van der Waals surface area contributed by atoms with Crippen LogP contribution in [0.5, 0.6) is 0 Å². The van der Waals surface area contributed by atoms with Crippen LogP contribution < -0.4 is 5.32 Å². The fraction of sp³-hybridized carbons (Fsp3) is 0.688. The van der Waals surface area contributed by atoms with Crippen molar-refractivity contribution in [3.05, 3.63) is 30.1 Å². The highest BCUT2D eigenvalue weighted by Gasteiger charge is 2.28. The summed E-state index contributed by atoms with van der Waals surface area (Å²) in [4.78, 5) is 4.23. The molecular weight excluding hydrogens is 220 g/mol. The summed E-state index contributed by atoms with van der Waals surface area (Å²) in [5.41, 5.74) is 1.37. The Morgan fingerprint density at radius 2 is 2.33 bits per heavy atom.